The molecule has 6 aromatic rings. The maximum Gasteiger partial charge on any atom is 0.316 e. The minimum Gasteiger partial charge on any atom is -0.508 e. The zero-order valence-corrected chi connectivity index (χ0v) is 50.1. The standard InChI is InChI=1S/C71H75NO11S2/c1-4-80-39-45-14-13-43-21-46-36-70(35-43,51-16-15-48-23-52(74)29-55(54(48)28-51)47-12-8-11-44(22-47)37-72-38-45)69(78)83-53-30-58-56-33-67(81-19-20-84-85-40-46)63(76)26-49(56)24-59-62(75)34-60-57-32-64(77)66(79-3)27-50(57)25-61(65(31-53)82-41(2)73)71(60,68(58)59)18-17-42-9-6-5-7-10-42/h5-12,15-18,22-23,26-29,32-33,43,45-46,53,58-62,65,68,72,74-77H,4,19-21,24-25,30-31,34-40H2,1-3H3/b18-17+/t43-,45-,46-,53-,58-,59+,60-,61+,62-,65+,68-,70+,71-/m0/s1. The highest BCUT2D eigenvalue weighted by atomic mass is 33.1. The van der Waals surface area contributed by atoms with Crippen LogP contribution in [0.15, 0.2) is 115 Å². The highest BCUT2D eigenvalue weighted by molar-refractivity contribution is 8.76. The van der Waals surface area contributed by atoms with Gasteiger partial charge in [-0.3, -0.25) is 9.59 Å². The third-order valence-corrected chi connectivity index (χ3v) is 22.5. The SMILES string of the molecule is CCOC[C@H]1C#C[C@H]2C[C@@H]3CSSCCOc4cc5c(cc4O)C[C@H]4[C@@H]6[C@H]5C[C@@H](C[C@@H](OC(C)=O)[C@H]5Cc7cc(OC)c(O)cc7[C@H](C[C@@H]4O)[C@]65/C=C/c4ccccc4)OC(=O)[C@](C2)(C3)c2ccc3cc(O)cc(c3c2)-c2cccc(c2)CNC1. The van der Waals surface area contributed by atoms with E-state index < -0.39 is 41.0 Å². The Hall–Kier alpha value is -6.60. The summed E-state index contributed by atoms with van der Waals surface area (Å²) in [5, 5.41) is 53.2. The van der Waals surface area contributed by atoms with Gasteiger partial charge in [0.1, 0.15) is 18.0 Å². The summed E-state index contributed by atoms with van der Waals surface area (Å²) in [5.41, 5.74) is 6.40. The van der Waals surface area contributed by atoms with E-state index in [2.05, 4.69) is 71.8 Å². The molecule has 0 amide bonds. The molecule has 3 saturated carbocycles. The molecule has 13 rings (SSSR count). The molecule has 0 saturated heterocycles. The summed E-state index contributed by atoms with van der Waals surface area (Å²) < 4.78 is 32.6. The molecule has 6 aromatic carbocycles. The van der Waals surface area contributed by atoms with Crippen LogP contribution in [0.4, 0.5) is 0 Å². The van der Waals surface area contributed by atoms with Crippen molar-refractivity contribution in [2.75, 3.05) is 45.0 Å². The number of hydrogen-bond donors (Lipinski definition) is 5. The number of aromatic hydroxyl groups is 3. The van der Waals surface area contributed by atoms with Crippen molar-refractivity contribution >= 4 is 50.4 Å². The van der Waals surface area contributed by atoms with Crippen LogP contribution in [0.1, 0.15) is 103 Å². The normalized spacial score (nSPS) is 30.5. The molecule has 11 bridgehead atoms. The number of methoxy groups -OCH3 is 1. The predicted molar refractivity (Wildman–Crippen MR) is 333 cm³/mol. The van der Waals surface area contributed by atoms with E-state index in [0.717, 1.165) is 73.0 Å². The van der Waals surface area contributed by atoms with E-state index >= 15 is 4.79 Å². The molecule has 1 spiro atoms. The van der Waals surface area contributed by atoms with Gasteiger partial charge in [-0.25, -0.2) is 0 Å². The van der Waals surface area contributed by atoms with E-state index in [-0.39, 0.29) is 71.1 Å². The van der Waals surface area contributed by atoms with E-state index in [4.69, 9.17) is 23.7 Å². The number of benzene rings is 6. The molecule has 5 aliphatic carbocycles. The van der Waals surface area contributed by atoms with Crippen LogP contribution < -0.4 is 14.8 Å². The summed E-state index contributed by atoms with van der Waals surface area (Å²) in [7, 11) is 5.02. The first-order valence-electron chi connectivity index (χ1n) is 30.4. The number of aliphatic hydroxyl groups excluding tert-OH is 1. The summed E-state index contributed by atoms with van der Waals surface area (Å²) in [5.74, 6) is 6.80. The fourth-order valence-corrected chi connectivity index (χ4v) is 18.8. The van der Waals surface area contributed by atoms with Gasteiger partial charge in [-0.1, -0.05) is 106 Å². The van der Waals surface area contributed by atoms with Crippen LogP contribution in [0.2, 0.25) is 0 Å². The van der Waals surface area contributed by atoms with E-state index in [0.29, 0.717) is 88.7 Å². The van der Waals surface area contributed by atoms with Crippen molar-refractivity contribution in [3.63, 3.8) is 0 Å². The average Bonchev–Trinajstić information content (AvgIpc) is 0.735. The van der Waals surface area contributed by atoms with Crippen molar-refractivity contribution in [1.29, 1.82) is 0 Å². The Balaban J connectivity index is 1.03. The van der Waals surface area contributed by atoms with Gasteiger partial charge in [0.15, 0.2) is 23.0 Å². The highest BCUT2D eigenvalue weighted by Crippen LogP contribution is 2.70. The van der Waals surface area contributed by atoms with Gasteiger partial charge in [0.25, 0.3) is 0 Å². The molecular weight excluding hydrogens is 1110 g/mol. The van der Waals surface area contributed by atoms with Crippen LogP contribution in [-0.2, 0) is 48.6 Å². The summed E-state index contributed by atoms with van der Waals surface area (Å²) in [6.45, 7) is 6.03. The van der Waals surface area contributed by atoms with Gasteiger partial charge in [-0.05, 0) is 191 Å². The zero-order valence-electron chi connectivity index (χ0n) is 48.5. The molecule has 442 valence electrons. The molecule has 0 aromatic heterocycles. The van der Waals surface area contributed by atoms with Crippen LogP contribution in [0.3, 0.4) is 0 Å². The first kappa shape index (κ1) is 57.5. The van der Waals surface area contributed by atoms with Crippen LogP contribution in [-0.4, -0.2) is 95.7 Å². The number of phenols is 3. The number of esters is 2. The van der Waals surface area contributed by atoms with Gasteiger partial charge in [-0.2, -0.15) is 0 Å². The zero-order chi connectivity index (χ0) is 58.6. The highest BCUT2D eigenvalue weighted by Gasteiger charge is 2.66. The molecule has 13 atom stereocenters. The molecular formula is C71H75NO11S2. The van der Waals surface area contributed by atoms with Gasteiger partial charge in [0, 0.05) is 61.8 Å². The molecule has 12 nitrogen and oxygen atoms in total. The van der Waals surface area contributed by atoms with Gasteiger partial charge < -0.3 is 49.4 Å². The average molecular weight is 1180 g/mol. The summed E-state index contributed by atoms with van der Waals surface area (Å²) in [6.07, 6.45) is 5.54. The maximum absolute atomic E-state index is 16.8. The predicted octanol–water partition coefficient (Wildman–Crippen LogP) is 12.4. The Morgan fingerprint density at radius 1 is 0.871 bits per heavy atom. The van der Waals surface area contributed by atoms with Gasteiger partial charge in [0.05, 0.1) is 37.8 Å². The number of fused-ring (bicyclic) bond motifs is 10. The lowest BCUT2D eigenvalue weighted by molar-refractivity contribution is -0.179. The molecule has 2 aliphatic heterocycles. The second kappa shape index (κ2) is 23.9. The lowest BCUT2D eigenvalue weighted by Crippen LogP contribution is -2.62. The molecule has 2 heterocycles. The quantitative estimate of drug-likeness (QED) is 0.0580. The Morgan fingerprint density at radius 2 is 1.73 bits per heavy atom. The smallest absolute Gasteiger partial charge is 0.316 e. The second-order valence-corrected chi connectivity index (χ2v) is 27.6. The summed E-state index contributed by atoms with van der Waals surface area (Å²) in [4.78, 5) is 30.8. The van der Waals surface area contributed by atoms with Gasteiger partial charge >= 0.3 is 11.9 Å². The molecule has 0 unspecified atom stereocenters. The number of carbonyl (C=O) groups excluding carboxylic acids is 2. The molecule has 5 N–H and O–H groups in total. The molecule has 0 radical (unpaired) electrons. The third kappa shape index (κ3) is 11.0. The Kier molecular flexibility index (Phi) is 16.2. The number of aliphatic hydroxyl groups is 1. The van der Waals surface area contributed by atoms with Crippen molar-refractivity contribution in [2.24, 2.45) is 40.9 Å². The van der Waals surface area contributed by atoms with Gasteiger partial charge in [-0.15, -0.1) is 0 Å². The Morgan fingerprint density at radius 3 is 2.56 bits per heavy atom. The first-order valence-corrected chi connectivity index (χ1v) is 32.9. The summed E-state index contributed by atoms with van der Waals surface area (Å²) in [6, 6.07) is 36.0. The monoisotopic (exact) mass is 1180 g/mol. The van der Waals surface area contributed by atoms with E-state index in [1.807, 2.05) is 67.6 Å². The second-order valence-electron chi connectivity index (χ2n) is 24.9. The fourth-order valence-electron chi connectivity index (χ4n) is 16.6. The third-order valence-electron chi connectivity index (χ3n) is 20.0. The molecule has 3 fully saturated rings. The van der Waals surface area contributed by atoms with Crippen molar-refractivity contribution in [2.45, 2.75) is 107 Å². The summed E-state index contributed by atoms with van der Waals surface area (Å²) >= 11 is 0. The maximum atomic E-state index is 16.8. The largest absolute Gasteiger partial charge is 0.508 e. The minimum atomic E-state index is -1.21. The fraction of sp³-hybridized carbons (Fsp3) is 0.437. The number of allylic oxidation sites excluding steroid dienone is 1. The number of nitrogens with one attached hydrogen (secondary N) is 1. The van der Waals surface area contributed by atoms with Crippen molar-refractivity contribution in [3.05, 3.63) is 154 Å². The lowest BCUT2D eigenvalue weighted by atomic mass is 9.40. The molecule has 14 heteroatoms. The first-order chi connectivity index (χ1) is 41.3. The van der Waals surface area contributed by atoms with Crippen LogP contribution >= 0.6 is 21.6 Å². The minimum absolute atomic E-state index is 0.00906. The number of hydrogen-bond acceptors (Lipinski definition) is 14. The number of ether oxygens (including phenoxy) is 5. The van der Waals surface area contributed by atoms with Crippen LogP contribution in [0.25, 0.3) is 28.0 Å². The van der Waals surface area contributed by atoms with Crippen LogP contribution in [0.5, 0.6) is 28.7 Å². The number of carbonyl (C=O) groups is 2. The lowest BCUT2D eigenvalue weighted by Gasteiger charge is -2.64. The topological polar surface area (TPSA) is 173 Å². The Labute approximate surface area is 505 Å². The van der Waals surface area contributed by atoms with E-state index in [1.165, 1.54) is 14.0 Å². The Bertz CT molecular complexity index is 3620. The number of phenolic OH excluding ortho intramolecular Hbond substituents is 3. The van der Waals surface area contributed by atoms with E-state index in [9.17, 15) is 25.2 Å². The van der Waals surface area contributed by atoms with Gasteiger partial charge in [0.2, 0.25) is 0 Å². The number of rotatable bonds is 7. The molecule has 7 aliphatic rings. The van der Waals surface area contributed by atoms with Crippen molar-refractivity contribution in [3.8, 4) is 51.7 Å². The van der Waals surface area contributed by atoms with E-state index in [1.54, 1.807) is 27.7 Å². The van der Waals surface area contributed by atoms with Crippen molar-refractivity contribution < 1.29 is 53.7 Å². The van der Waals surface area contributed by atoms with Crippen LogP contribution in [0, 0.1) is 52.8 Å². The molecule has 85 heavy (non-hydrogen) atoms. The van der Waals surface area contributed by atoms with Crippen molar-refractivity contribution in [1.82, 2.24) is 5.32 Å².